The third-order valence-electron chi connectivity index (χ3n) is 4.10. The summed E-state index contributed by atoms with van der Waals surface area (Å²) < 4.78 is 17.4. The summed E-state index contributed by atoms with van der Waals surface area (Å²) in [5, 5.41) is 9.40. The summed E-state index contributed by atoms with van der Waals surface area (Å²) in [6, 6.07) is 11.6. The number of halogens is 1. The van der Waals surface area contributed by atoms with E-state index in [9.17, 15) is 9.65 Å². The van der Waals surface area contributed by atoms with Gasteiger partial charge in [-0.2, -0.15) is 5.26 Å². The maximum Gasteiger partial charge on any atom is 0.124 e. The van der Waals surface area contributed by atoms with Crippen LogP contribution in [-0.2, 0) is 0 Å². The van der Waals surface area contributed by atoms with E-state index < -0.39 is 6.67 Å². The second-order valence-electron chi connectivity index (χ2n) is 5.67. The Labute approximate surface area is 135 Å². The average Bonchev–Trinajstić information content (AvgIpc) is 3.05. The largest absolute Gasteiger partial charge is 0.491 e. The Morgan fingerprint density at radius 3 is 2.57 bits per heavy atom. The van der Waals surface area contributed by atoms with Gasteiger partial charge in [0.05, 0.1) is 5.56 Å². The molecule has 1 aromatic heterocycles. The lowest BCUT2D eigenvalue weighted by Crippen LogP contribution is -2.30. The highest BCUT2D eigenvalue weighted by atomic mass is 19.1. The first kappa shape index (κ1) is 15.4. The van der Waals surface area contributed by atoms with Crippen molar-refractivity contribution >= 4 is 5.82 Å². The summed E-state index contributed by atoms with van der Waals surface area (Å²) in [6.45, 7) is 1.55. The van der Waals surface area contributed by atoms with E-state index in [1.165, 1.54) is 19.3 Å². The second kappa shape index (κ2) is 7.19. The number of H-pyrrole nitrogens is 1. The zero-order valence-electron chi connectivity index (χ0n) is 13.0. The van der Waals surface area contributed by atoms with Crippen molar-refractivity contribution in [3.8, 4) is 23.1 Å². The molecule has 0 atom stereocenters. The van der Waals surface area contributed by atoms with Gasteiger partial charge < -0.3 is 14.6 Å². The average molecular weight is 313 g/mol. The fraction of sp³-hybridized carbons (Fsp3) is 0.389. The first-order valence-corrected chi connectivity index (χ1v) is 7.99. The lowest BCUT2D eigenvalue weighted by atomic mass is 10.1. The zero-order valence-corrected chi connectivity index (χ0v) is 13.0. The smallest absolute Gasteiger partial charge is 0.124 e. The van der Waals surface area contributed by atoms with Crippen LogP contribution < -0.4 is 9.64 Å². The summed E-state index contributed by atoms with van der Waals surface area (Å²) in [5.41, 5.74) is 2.58. The van der Waals surface area contributed by atoms with Crippen molar-refractivity contribution in [2.45, 2.75) is 19.3 Å². The number of anilines is 1. The molecule has 1 N–H and O–H groups in total. The molecule has 0 amide bonds. The highest BCUT2D eigenvalue weighted by Gasteiger charge is 2.18. The Hall–Kier alpha value is -2.48. The molecule has 1 aliphatic heterocycles. The van der Waals surface area contributed by atoms with E-state index in [2.05, 4.69) is 16.0 Å². The Balaban J connectivity index is 1.82. The summed E-state index contributed by atoms with van der Waals surface area (Å²) in [6.07, 6.45) is 3.59. The number of nitrogens with zero attached hydrogens (tertiary/aromatic N) is 2. The Morgan fingerprint density at radius 1 is 1.17 bits per heavy atom. The molecule has 5 heteroatoms. The van der Waals surface area contributed by atoms with Gasteiger partial charge in [-0.25, -0.2) is 4.39 Å². The molecule has 1 saturated heterocycles. The highest BCUT2D eigenvalue weighted by molar-refractivity contribution is 5.69. The van der Waals surface area contributed by atoms with Crippen LogP contribution in [0.1, 0.15) is 24.8 Å². The lowest BCUT2D eigenvalue weighted by molar-refractivity contribution is 0.273. The quantitative estimate of drug-likeness (QED) is 0.911. The minimum atomic E-state index is -0.497. The molecule has 0 unspecified atom stereocenters. The molecule has 0 saturated carbocycles. The molecule has 3 rings (SSSR count). The van der Waals surface area contributed by atoms with Gasteiger partial charge in [-0.1, -0.05) is 0 Å². The molecule has 2 aromatic rings. The normalized spacial score (nSPS) is 14.5. The van der Waals surface area contributed by atoms with Crippen LogP contribution >= 0.6 is 0 Å². The number of hydrogen-bond acceptors (Lipinski definition) is 3. The standard InChI is InChI=1S/C18H20FN3O/c19-8-11-23-16-6-4-14(5-7-16)17-12-15(13-20)18(21-17)22-9-2-1-3-10-22/h4-7,12,21H,1-3,8-11H2. The van der Waals surface area contributed by atoms with Gasteiger partial charge in [0, 0.05) is 18.8 Å². The van der Waals surface area contributed by atoms with Gasteiger partial charge in [0.25, 0.3) is 0 Å². The fourth-order valence-electron chi connectivity index (χ4n) is 2.94. The molecule has 0 spiro atoms. The molecule has 1 aromatic carbocycles. The van der Waals surface area contributed by atoms with Crippen molar-refractivity contribution in [1.29, 1.82) is 5.26 Å². The fourth-order valence-corrected chi connectivity index (χ4v) is 2.94. The van der Waals surface area contributed by atoms with Crippen molar-refractivity contribution in [3.63, 3.8) is 0 Å². The van der Waals surface area contributed by atoms with Crippen molar-refractivity contribution in [2.75, 3.05) is 31.3 Å². The zero-order chi connectivity index (χ0) is 16.1. The van der Waals surface area contributed by atoms with E-state index in [0.29, 0.717) is 11.3 Å². The van der Waals surface area contributed by atoms with Crippen LogP contribution in [0.5, 0.6) is 5.75 Å². The molecule has 120 valence electrons. The molecule has 4 nitrogen and oxygen atoms in total. The van der Waals surface area contributed by atoms with Gasteiger partial charge in [-0.05, 0) is 55.2 Å². The molecular weight excluding hydrogens is 293 g/mol. The number of hydrogen-bond donors (Lipinski definition) is 1. The molecule has 2 heterocycles. The summed E-state index contributed by atoms with van der Waals surface area (Å²) in [5.74, 6) is 1.56. The first-order chi connectivity index (χ1) is 11.3. The number of piperidine rings is 1. The topological polar surface area (TPSA) is 52.0 Å². The van der Waals surface area contributed by atoms with Crippen molar-refractivity contribution in [1.82, 2.24) is 4.98 Å². The highest BCUT2D eigenvalue weighted by Crippen LogP contribution is 2.29. The number of aromatic nitrogens is 1. The van der Waals surface area contributed by atoms with Crippen LogP contribution in [-0.4, -0.2) is 31.4 Å². The minimum Gasteiger partial charge on any atom is -0.491 e. The molecule has 0 bridgehead atoms. The van der Waals surface area contributed by atoms with Crippen LogP contribution in [0.15, 0.2) is 30.3 Å². The van der Waals surface area contributed by atoms with Crippen molar-refractivity contribution in [2.24, 2.45) is 0 Å². The Bertz CT molecular complexity index is 681. The molecule has 1 aliphatic rings. The number of rotatable bonds is 5. The predicted octanol–water partition coefficient (Wildman–Crippen LogP) is 3.89. The monoisotopic (exact) mass is 313 g/mol. The Morgan fingerprint density at radius 2 is 1.91 bits per heavy atom. The molecule has 23 heavy (non-hydrogen) atoms. The van der Waals surface area contributed by atoms with E-state index in [1.807, 2.05) is 30.3 Å². The van der Waals surface area contributed by atoms with Gasteiger partial charge >= 0.3 is 0 Å². The maximum atomic E-state index is 12.1. The van der Waals surface area contributed by atoms with Crippen LogP contribution in [0.2, 0.25) is 0 Å². The van der Waals surface area contributed by atoms with Crippen LogP contribution in [0.3, 0.4) is 0 Å². The molecule has 0 aliphatic carbocycles. The van der Waals surface area contributed by atoms with E-state index >= 15 is 0 Å². The number of ether oxygens (including phenoxy) is 1. The summed E-state index contributed by atoms with van der Waals surface area (Å²) in [7, 11) is 0. The van der Waals surface area contributed by atoms with Gasteiger partial charge in [0.1, 0.15) is 30.9 Å². The maximum absolute atomic E-state index is 12.1. The van der Waals surface area contributed by atoms with Crippen LogP contribution in [0.25, 0.3) is 11.3 Å². The molecule has 0 radical (unpaired) electrons. The number of nitrogens with one attached hydrogen (secondary N) is 1. The van der Waals surface area contributed by atoms with Gasteiger partial charge in [-0.3, -0.25) is 0 Å². The third kappa shape index (κ3) is 3.48. The SMILES string of the molecule is N#Cc1cc(-c2ccc(OCCF)cc2)[nH]c1N1CCCCC1. The predicted molar refractivity (Wildman–Crippen MR) is 88.5 cm³/mol. The van der Waals surface area contributed by atoms with Crippen molar-refractivity contribution < 1.29 is 9.13 Å². The van der Waals surface area contributed by atoms with Crippen LogP contribution in [0.4, 0.5) is 10.2 Å². The number of alkyl halides is 1. The first-order valence-electron chi connectivity index (χ1n) is 7.99. The summed E-state index contributed by atoms with van der Waals surface area (Å²) >= 11 is 0. The van der Waals surface area contributed by atoms with Crippen LogP contribution in [0, 0.1) is 11.3 Å². The summed E-state index contributed by atoms with van der Waals surface area (Å²) in [4.78, 5) is 5.64. The lowest BCUT2D eigenvalue weighted by Gasteiger charge is -2.27. The molecular formula is C18H20FN3O. The van der Waals surface area contributed by atoms with E-state index in [4.69, 9.17) is 4.74 Å². The van der Waals surface area contributed by atoms with E-state index in [-0.39, 0.29) is 6.61 Å². The van der Waals surface area contributed by atoms with Gasteiger partial charge in [0.15, 0.2) is 0 Å². The minimum absolute atomic E-state index is 0.0690. The van der Waals surface area contributed by atoms with E-state index in [1.54, 1.807) is 0 Å². The number of benzene rings is 1. The third-order valence-corrected chi connectivity index (χ3v) is 4.10. The number of nitriles is 1. The van der Waals surface area contributed by atoms with Crippen molar-refractivity contribution in [3.05, 3.63) is 35.9 Å². The second-order valence-corrected chi connectivity index (χ2v) is 5.67. The van der Waals surface area contributed by atoms with Gasteiger partial charge in [0.2, 0.25) is 0 Å². The Kier molecular flexibility index (Phi) is 4.82. The van der Waals surface area contributed by atoms with Gasteiger partial charge in [-0.15, -0.1) is 0 Å². The molecule has 1 fully saturated rings. The number of aromatic amines is 1. The van der Waals surface area contributed by atoms with E-state index in [0.717, 1.165) is 30.2 Å².